The van der Waals surface area contributed by atoms with E-state index in [1.165, 1.54) is 17.2 Å². The molecule has 1 aromatic carbocycles. The van der Waals surface area contributed by atoms with Crippen molar-refractivity contribution in [1.82, 2.24) is 9.97 Å². The van der Waals surface area contributed by atoms with Gasteiger partial charge in [0.05, 0.1) is 12.8 Å². The van der Waals surface area contributed by atoms with Gasteiger partial charge < -0.3 is 9.72 Å². The van der Waals surface area contributed by atoms with Gasteiger partial charge in [0, 0.05) is 12.8 Å². The van der Waals surface area contributed by atoms with Crippen molar-refractivity contribution in [3.8, 4) is 0 Å². The van der Waals surface area contributed by atoms with E-state index in [4.69, 9.17) is 9.72 Å². The largest absolute Gasteiger partial charge is 0.494 e. The zero-order chi connectivity index (χ0) is 19.2. The molecule has 0 atom stereocenters. The van der Waals surface area contributed by atoms with Gasteiger partial charge >= 0.3 is 0 Å². The van der Waals surface area contributed by atoms with E-state index in [1.807, 2.05) is 31.2 Å². The number of allylic oxidation sites excluding steroid dienone is 6. The molecule has 1 saturated carbocycles. The van der Waals surface area contributed by atoms with E-state index in [0.717, 1.165) is 47.8 Å². The Bertz CT molecular complexity index is 898. The number of aromatic nitrogens is 2. The number of H-pyrrole nitrogens is 1. The third-order valence-corrected chi connectivity index (χ3v) is 4.44. The fourth-order valence-corrected chi connectivity index (χ4v) is 2.92. The third kappa shape index (κ3) is 5.30. The van der Waals surface area contributed by atoms with Crippen LogP contribution in [0.1, 0.15) is 42.5 Å². The molecule has 1 aliphatic carbocycles. The van der Waals surface area contributed by atoms with Crippen LogP contribution in [-0.4, -0.2) is 17.1 Å². The lowest BCUT2D eigenvalue weighted by Crippen LogP contribution is -1.96. The van der Waals surface area contributed by atoms with E-state index in [0.29, 0.717) is 6.42 Å². The Labute approximate surface area is 160 Å². The first-order valence-electron chi connectivity index (χ1n) is 9.14. The highest BCUT2D eigenvalue weighted by Gasteiger charge is 2.24. The maximum absolute atomic E-state index is 12.8. The maximum Gasteiger partial charge on any atom is 0.145 e. The van der Waals surface area contributed by atoms with Crippen molar-refractivity contribution in [2.75, 3.05) is 7.11 Å². The molecule has 0 aliphatic heterocycles. The monoisotopic (exact) mass is 364 g/mol. The summed E-state index contributed by atoms with van der Waals surface area (Å²) in [5.74, 6) is 1.32. The molecule has 1 aliphatic rings. The standard InChI is InChI=1S/C23H25FN2O/c1-16(9-11-17(2)24)10-14-21-25-20(15-18-7-5-4-6-8-18)22(26-21)23(27-3)19-12-13-19/h4-11H,2,12-15H2,1,3H3,(H,25,26)/b11-9-,16-10-. The van der Waals surface area contributed by atoms with Gasteiger partial charge in [-0.1, -0.05) is 54.6 Å². The molecule has 3 rings (SSSR count). The van der Waals surface area contributed by atoms with Gasteiger partial charge in [-0.25, -0.2) is 9.37 Å². The highest BCUT2D eigenvalue weighted by Crippen LogP contribution is 2.37. The van der Waals surface area contributed by atoms with Gasteiger partial charge in [0.1, 0.15) is 23.1 Å². The Hall–Kier alpha value is -2.88. The zero-order valence-corrected chi connectivity index (χ0v) is 15.9. The summed E-state index contributed by atoms with van der Waals surface area (Å²) in [6.45, 7) is 5.16. The van der Waals surface area contributed by atoms with Crippen LogP contribution in [0.4, 0.5) is 4.39 Å². The lowest BCUT2D eigenvalue weighted by atomic mass is 10.1. The number of imidazole rings is 1. The zero-order valence-electron chi connectivity index (χ0n) is 15.9. The summed E-state index contributed by atoms with van der Waals surface area (Å²) in [5.41, 5.74) is 5.47. The first-order valence-corrected chi connectivity index (χ1v) is 9.14. The van der Waals surface area contributed by atoms with Crippen LogP contribution in [0.5, 0.6) is 0 Å². The fraction of sp³-hybridized carbons (Fsp3) is 0.261. The molecule has 4 heteroatoms. The summed E-state index contributed by atoms with van der Waals surface area (Å²) in [6.07, 6.45) is 8.66. The van der Waals surface area contributed by atoms with Crippen LogP contribution >= 0.6 is 0 Å². The summed E-state index contributed by atoms with van der Waals surface area (Å²) >= 11 is 0. The number of nitrogens with one attached hydrogen (secondary N) is 1. The molecule has 0 spiro atoms. The van der Waals surface area contributed by atoms with Crippen LogP contribution in [0.3, 0.4) is 0 Å². The van der Waals surface area contributed by atoms with E-state index in [1.54, 1.807) is 13.2 Å². The molecule has 140 valence electrons. The summed E-state index contributed by atoms with van der Waals surface area (Å²) in [4.78, 5) is 8.27. The quantitative estimate of drug-likeness (QED) is 0.483. The molecule has 0 amide bonds. The van der Waals surface area contributed by atoms with Crippen molar-refractivity contribution in [3.05, 3.63) is 94.9 Å². The minimum absolute atomic E-state index is 0.450. The van der Waals surface area contributed by atoms with Gasteiger partial charge in [-0.3, -0.25) is 0 Å². The van der Waals surface area contributed by atoms with Crippen LogP contribution in [0.2, 0.25) is 0 Å². The van der Waals surface area contributed by atoms with Crippen molar-refractivity contribution in [1.29, 1.82) is 0 Å². The first-order chi connectivity index (χ1) is 13.1. The summed E-state index contributed by atoms with van der Waals surface area (Å²) < 4.78 is 18.4. The Kier molecular flexibility index (Phi) is 6.07. The molecule has 1 N–H and O–H groups in total. The number of hydrogen-bond acceptors (Lipinski definition) is 2. The van der Waals surface area contributed by atoms with Crippen LogP contribution < -0.4 is 0 Å². The molecule has 0 radical (unpaired) electrons. The Morgan fingerprint density at radius 3 is 2.63 bits per heavy atom. The topological polar surface area (TPSA) is 37.9 Å². The number of ether oxygens (including phenoxy) is 1. The first kappa shape index (κ1) is 18.9. The SMILES string of the molecule is C=C(F)/C=C\C(C)=C/Cc1nc(C(OC)=C2CC2)c(Cc2ccccc2)[nH]1. The smallest absolute Gasteiger partial charge is 0.145 e. The van der Waals surface area contributed by atoms with Crippen molar-refractivity contribution in [3.63, 3.8) is 0 Å². The van der Waals surface area contributed by atoms with Crippen LogP contribution in [0, 0.1) is 0 Å². The van der Waals surface area contributed by atoms with Crippen molar-refractivity contribution < 1.29 is 9.13 Å². The highest BCUT2D eigenvalue weighted by molar-refractivity contribution is 5.65. The number of hydrogen-bond donors (Lipinski definition) is 1. The Morgan fingerprint density at radius 2 is 2.00 bits per heavy atom. The number of halogens is 1. The predicted molar refractivity (Wildman–Crippen MR) is 108 cm³/mol. The molecule has 1 aromatic heterocycles. The normalized spacial score (nSPS) is 13.9. The molecule has 1 fully saturated rings. The van der Waals surface area contributed by atoms with Crippen LogP contribution in [-0.2, 0) is 17.6 Å². The minimum Gasteiger partial charge on any atom is -0.494 e. The molecule has 2 aromatic rings. The second-order valence-electron chi connectivity index (χ2n) is 6.74. The van der Waals surface area contributed by atoms with Gasteiger partial charge in [-0.2, -0.15) is 0 Å². The summed E-state index contributed by atoms with van der Waals surface area (Å²) in [6, 6.07) is 10.3. The molecule has 1 heterocycles. The molecule has 0 bridgehead atoms. The predicted octanol–water partition coefficient (Wildman–Crippen LogP) is 5.68. The third-order valence-electron chi connectivity index (χ3n) is 4.44. The molecular formula is C23H25FN2O. The van der Waals surface area contributed by atoms with Crippen molar-refractivity contribution >= 4 is 5.76 Å². The average Bonchev–Trinajstić information content (AvgIpc) is 3.42. The van der Waals surface area contributed by atoms with E-state index >= 15 is 0 Å². The van der Waals surface area contributed by atoms with Gasteiger partial charge in [-0.05, 0) is 37.0 Å². The average molecular weight is 364 g/mol. The lowest BCUT2D eigenvalue weighted by Gasteiger charge is -2.06. The number of aromatic amines is 1. The van der Waals surface area contributed by atoms with E-state index < -0.39 is 5.83 Å². The van der Waals surface area contributed by atoms with Gasteiger partial charge in [0.15, 0.2) is 0 Å². The molecular weight excluding hydrogens is 339 g/mol. The number of rotatable bonds is 8. The van der Waals surface area contributed by atoms with Gasteiger partial charge in [0.2, 0.25) is 0 Å². The van der Waals surface area contributed by atoms with E-state index in [-0.39, 0.29) is 0 Å². The number of methoxy groups -OCH3 is 1. The Morgan fingerprint density at radius 1 is 1.26 bits per heavy atom. The minimum atomic E-state index is -0.450. The van der Waals surface area contributed by atoms with Crippen LogP contribution in [0.25, 0.3) is 5.76 Å². The second kappa shape index (κ2) is 8.67. The molecule has 0 unspecified atom stereocenters. The van der Waals surface area contributed by atoms with Crippen molar-refractivity contribution in [2.45, 2.75) is 32.6 Å². The van der Waals surface area contributed by atoms with E-state index in [9.17, 15) is 4.39 Å². The molecule has 3 nitrogen and oxygen atoms in total. The fourth-order valence-electron chi connectivity index (χ4n) is 2.92. The lowest BCUT2D eigenvalue weighted by molar-refractivity contribution is 0.366. The van der Waals surface area contributed by atoms with Crippen molar-refractivity contribution in [2.24, 2.45) is 0 Å². The molecule has 0 saturated heterocycles. The maximum atomic E-state index is 12.8. The van der Waals surface area contributed by atoms with E-state index in [2.05, 4.69) is 23.7 Å². The Balaban J connectivity index is 1.86. The second-order valence-corrected chi connectivity index (χ2v) is 6.74. The number of nitrogens with zero attached hydrogens (tertiary/aromatic N) is 1. The molecule has 27 heavy (non-hydrogen) atoms. The van der Waals surface area contributed by atoms with Crippen LogP contribution in [0.15, 0.2) is 72.1 Å². The van der Waals surface area contributed by atoms with Gasteiger partial charge in [-0.15, -0.1) is 0 Å². The summed E-state index contributed by atoms with van der Waals surface area (Å²) in [7, 11) is 1.71. The highest BCUT2D eigenvalue weighted by atomic mass is 19.1. The number of benzene rings is 1. The summed E-state index contributed by atoms with van der Waals surface area (Å²) in [5, 5.41) is 0. The van der Waals surface area contributed by atoms with Gasteiger partial charge in [0.25, 0.3) is 0 Å².